The van der Waals surface area contributed by atoms with Crippen LogP contribution in [-0.2, 0) is 4.74 Å². The molecule has 0 aliphatic heterocycles. The van der Waals surface area contributed by atoms with Crippen LogP contribution in [0.25, 0.3) is 16.9 Å². The Hall–Kier alpha value is -2.78. The maximum atomic E-state index is 14.7. The third-order valence-corrected chi connectivity index (χ3v) is 4.85. The Kier molecular flexibility index (Phi) is 5.59. The van der Waals surface area contributed by atoms with E-state index in [9.17, 15) is 9.18 Å². The first-order valence-corrected chi connectivity index (χ1v) is 10.0. The summed E-state index contributed by atoms with van der Waals surface area (Å²) >= 11 is 5.97. The summed E-state index contributed by atoms with van der Waals surface area (Å²) in [5.74, 6) is -0.570. The lowest BCUT2D eigenvalue weighted by molar-refractivity contribution is -0.0404. The minimum atomic E-state index is -2.76. The molecule has 3 heterocycles. The summed E-state index contributed by atoms with van der Waals surface area (Å²) in [4.78, 5) is 21.5. The molecule has 0 aliphatic carbocycles. The van der Waals surface area contributed by atoms with Gasteiger partial charge in [0.15, 0.2) is 5.65 Å². The molecule has 0 aliphatic rings. The lowest BCUT2D eigenvalue weighted by Crippen LogP contribution is -2.43. The number of nitrogens with zero attached hydrogens (tertiary/aromatic N) is 4. The van der Waals surface area contributed by atoms with Crippen LogP contribution in [0.2, 0.25) is 5.02 Å². The van der Waals surface area contributed by atoms with Crippen LogP contribution in [0, 0.1) is 0 Å². The van der Waals surface area contributed by atoms with Gasteiger partial charge in [-0.05, 0) is 33.8 Å². The second-order valence-electron chi connectivity index (χ2n) is 7.90. The van der Waals surface area contributed by atoms with E-state index in [1.54, 1.807) is 18.5 Å². The van der Waals surface area contributed by atoms with Crippen molar-refractivity contribution in [3.05, 3.63) is 41.4 Å². The van der Waals surface area contributed by atoms with E-state index in [0.717, 1.165) is 0 Å². The molecule has 2 N–H and O–H groups in total. The molecule has 3 rings (SSSR count). The number of hydrogen-bond acceptors (Lipinski definition) is 6. The van der Waals surface area contributed by atoms with Crippen molar-refractivity contribution in [3.8, 4) is 11.3 Å². The summed E-state index contributed by atoms with van der Waals surface area (Å²) in [6, 6.07) is 1.68. The van der Waals surface area contributed by atoms with Gasteiger partial charge in [0.25, 0.3) is 5.91 Å². The number of anilines is 1. The third-order valence-electron chi connectivity index (χ3n) is 4.65. The van der Waals surface area contributed by atoms with Crippen molar-refractivity contribution in [1.29, 1.82) is 0 Å². The van der Waals surface area contributed by atoms with E-state index in [4.69, 9.17) is 20.5 Å². The molecule has 166 valence electrons. The van der Waals surface area contributed by atoms with Gasteiger partial charge in [-0.2, -0.15) is 5.10 Å². The van der Waals surface area contributed by atoms with E-state index in [2.05, 4.69) is 25.7 Å². The van der Waals surface area contributed by atoms with Gasteiger partial charge < -0.3 is 15.4 Å². The fraction of sp³-hybridized carbons (Fsp3) is 0.429. The summed E-state index contributed by atoms with van der Waals surface area (Å²) in [7, 11) is -2.76. The van der Waals surface area contributed by atoms with Crippen molar-refractivity contribution in [2.24, 2.45) is 0 Å². The van der Waals surface area contributed by atoms with Gasteiger partial charge in [-0.25, -0.2) is 13.9 Å². The number of pyridine rings is 1. The molecule has 0 radical (unpaired) electrons. The second-order valence-corrected chi connectivity index (χ2v) is 8.33. The Morgan fingerprint density at radius 2 is 2.13 bits per heavy atom. The number of nitrogens with one attached hydrogen (secondary N) is 2. The van der Waals surface area contributed by atoms with Crippen LogP contribution in [0.15, 0.2) is 30.9 Å². The summed E-state index contributed by atoms with van der Waals surface area (Å²) in [5.41, 5.74) is 0.772. The largest absolute Gasteiger partial charge is 0.382 e. The van der Waals surface area contributed by atoms with Crippen LogP contribution in [0.1, 0.15) is 42.2 Å². The van der Waals surface area contributed by atoms with Gasteiger partial charge in [0.05, 0.1) is 56.2 Å². The smallest absolute Gasteiger partial charge is 0.255 e. The topological polar surface area (TPSA) is 93.4 Å². The number of hydrogen-bond donors (Lipinski definition) is 2. The first kappa shape index (κ1) is 18.9. The monoisotopic (exact) mass is 451 g/mol. The Morgan fingerprint density at radius 1 is 1.35 bits per heavy atom. The first-order valence-electron chi connectivity index (χ1n) is 11.1. The average molecular weight is 452 g/mol. The van der Waals surface area contributed by atoms with Gasteiger partial charge in [-0.15, -0.1) is 0 Å². The highest BCUT2D eigenvalue weighted by atomic mass is 35.5. The first-order chi connectivity index (χ1) is 15.8. The normalized spacial score (nSPS) is 14.7. The zero-order valence-electron chi connectivity index (χ0n) is 20.6. The molecular formula is C21H26ClFN6O2. The molecular weight excluding hydrogens is 423 g/mol. The van der Waals surface area contributed by atoms with Gasteiger partial charge in [0.1, 0.15) is 6.17 Å². The maximum absolute atomic E-state index is 14.7. The van der Waals surface area contributed by atoms with Gasteiger partial charge in [-0.3, -0.25) is 9.78 Å². The number of rotatable bonds is 8. The Bertz CT molecular complexity index is 1190. The third kappa shape index (κ3) is 5.11. The Labute approximate surface area is 189 Å². The highest BCUT2D eigenvalue weighted by Crippen LogP contribution is 2.27. The van der Waals surface area contributed by atoms with E-state index in [0.29, 0.717) is 27.6 Å². The number of amides is 1. The number of fused-ring (bicyclic) bond motifs is 1. The van der Waals surface area contributed by atoms with Crippen molar-refractivity contribution in [2.75, 3.05) is 18.9 Å². The van der Waals surface area contributed by atoms with Crippen LogP contribution < -0.4 is 10.6 Å². The molecule has 31 heavy (non-hydrogen) atoms. The van der Waals surface area contributed by atoms with Crippen molar-refractivity contribution < 1.29 is 18.0 Å². The molecule has 10 heteroatoms. The van der Waals surface area contributed by atoms with E-state index in [1.165, 1.54) is 30.8 Å². The lowest BCUT2D eigenvalue weighted by Gasteiger charge is -2.27. The van der Waals surface area contributed by atoms with Gasteiger partial charge >= 0.3 is 0 Å². The molecule has 1 atom stereocenters. The second kappa shape index (κ2) is 9.15. The quantitative estimate of drug-likeness (QED) is 0.541. The standard InChI is InChI=1S/C21H26ClFN6O2/c1-12(2)28-17-6-16(14-9-27-29-11-13(22)7-25-19(14)29)24-8-15(17)20(30)26-10-18(23)21(3,4)31-5/h6-9,11-12,18H,10H2,1-5H3,(H,24,28)(H,26,30)/i5D3. The molecule has 1 unspecified atom stereocenters. The van der Waals surface area contributed by atoms with E-state index in [-0.39, 0.29) is 11.6 Å². The minimum absolute atomic E-state index is 0.0109. The predicted molar refractivity (Wildman–Crippen MR) is 118 cm³/mol. The Balaban J connectivity index is 1.84. The minimum Gasteiger partial charge on any atom is -0.382 e. The van der Waals surface area contributed by atoms with Crippen molar-refractivity contribution in [2.45, 2.75) is 45.5 Å². The van der Waals surface area contributed by atoms with Gasteiger partial charge in [0, 0.05) is 25.5 Å². The molecule has 0 saturated heterocycles. The molecule has 0 saturated carbocycles. The van der Waals surface area contributed by atoms with Crippen LogP contribution >= 0.6 is 11.6 Å². The molecule has 8 nitrogen and oxygen atoms in total. The number of carbonyl (C=O) groups is 1. The van der Waals surface area contributed by atoms with E-state index in [1.807, 2.05) is 13.8 Å². The fourth-order valence-corrected chi connectivity index (χ4v) is 2.98. The Morgan fingerprint density at radius 3 is 2.84 bits per heavy atom. The highest BCUT2D eigenvalue weighted by Gasteiger charge is 2.30. The number of aromatic nitrogens is 4. The number of carbonyl (C=O) groups excluding carboxylic acids is 1. The lowest BCUT2D eigenvalue weighted by atomic mass is 10.0. The molecule has 3 aromatic heterocycles. The van der Waals surface area contributed by atoms with Gasteiger partial charge in [0.2, 0.25) is 0 Å². The molecule has 1 amide bonds. The molecule has 0 aromatic carbocycles. The zero-order valence-corrected chi connectivity index (χ0v) is 18.4. The van der Waals surface area contributed by atoms with Crippen LogP contribution in [0.4, 0.5) is 10.1 Å². The molecule has 0 bridgehead atoms. The highest BCUT2D eigenvalue weighted by molar-refractivity contribution is 6.30. The van der Waals surface area contributed by atoms with E-state index >= 15 is 0 Å². The van der Waals surface area contributed by atoms with Crippen molar-refractivity contribution in [3.63, 3.8) is 0 Å². The predicted octanol–water partition coefficient (Wildman–Crippen LogP) is 3.76. The molecule has 0 fully saturated rings. The van der Waals surface area contributed by atoms with Gasteiger partial charge in [-0.1, -0.05) is 11.6 Å². The number of halogens is 2. The van der Waals surface area contributed by atoms with Crippen LogP contribution in [-0.4, -0.2) is 56.9 Å². The number of alkyl halides is 1. The summed E-state index contributed by atoms with van der Waals surface area (Å²) in [6.07, 6.45) is 4.34. The number of ether oxygens (including phenoxy) is 1. The number of methoxy groups -OCH3 is 1. The molecule has 0 spiro atoms. The van der Waals surface area contributed by atoms with Crippen molar-refractivity contribution >= 4 is 28.8 Å². The summed E-state index contributed by atoms with van der Waals surface area (Å²) in [5, 5.41) is 10.4. The molecule has 3 aromatic rings. The average Bonchev–Trinajstić information content (AvgIpc) is 3.12. The van der Waals surface area contributed by atoms with Crippen LogP contribution in [0.5, 0.6) is 0 Å². The fourth-order valence-electron chi connectivity index (χ4n) is 2.83. The van der Waals surface area contributed by atoms with Crippen molar-refractivity contribution in [1.82, 2.24) is 24.9 Å². The zero-order chi connectivity index (χ0) is 25.3. The SMILES string of the molecule is [2H]C([2H])([2H])OC(C)(C)C(F)CNC(=O)c1cnc(-c2cnn3cc(Cl)cnc23)cc1NC(C)C. The summed E-state index contributed by atoms with van der Waals surface area (Å²) in [6.45, 7) is 6.01. The van der Waals surface area contributed by atoms with Crippen LogP contribution in [0.3, 0.4) is 0 Å². The maximum Gasteiger partial charge on any atom is 0.255 e. The van der Waals surface area contributed by atoms with E-state index < -0.39 is 31.3 Å². The summed E-state index contributed by atoms with van der Waals surface area (Å²) < 4.78 is 42.6.